The third-order valence-electron chi connectivity index (χ3n) is 1.23. The topological polar surface area (TPSA) is 17.1 Å². The Labute approximate surface area is 70.4 Å². The molecule has 0 radical (unpaired) electrons. The predicted molar refractivity (Wildman–Crippen MR) is 48.8 cm³/mol. The summed E-state index contributed by atoms with van der Waals surface area (Å²) in [6, 6.07) is 2.06. The zero-order chi connectivity index (χ0) is 8.27. The van der Waals surface area contributed by atoms with Crippen molar-refractivity contribution in [3.05, 3.63) is 28.0 Å². The van der Waals surface area contributed by atoms with Gasteiger partial charge >= 0.3 is 0 Å². The Morgan fingerprint density at radius 2 is 2.36 bits per heavy atom. The van der Waals surface area contributed by atoms with E-state index in [1.165, 1.54) is 5.56 Å². The Kier molecular flexibility index (Phi) is 2.60. The molecule has 0 fully saturated rings. The molecule has 0 aliphatic rings. The predicted octanol–water partition coefficient (Wildman–Crippen LogP) is 2.66. The van der Waals surface area contributed by atoms with E-state index in [1.807, 2.05) is 13.0 Å². The zero-order valence-corrected chi connectivity index (χ0v) is 7.44. The van der Waals surface area contributed by atoms with Gasteiger partial charge in [0.1, 0.15) is 0 Å². The van der Waals surface area contributed by atoms with Crippen molar-refractivity contribution in [3.8, 4) is 0 Å². The first kappa shape index (κ1) is 8.21. The maximum atomic E-state index is 10.5. The lowest BCUT2D eigenvalue weighted by molar-refractivity contribution is -0.112. The fourth-order valence-electron chi connectivity index (χ4n) is 0.740. The molecule has 0 unspecified atom stereocenters. The number of carbonyl (C=O) groups is 1. The van der Waals surface area contributed by atoms with Crippen LogP contribution in [0.4, 0.5) is 0 Å². The molecule has 2 heteroatoms. The van der Waals surface area contributed by atoms with Crippen molar-refractivity contribution in [2.75, 3.05) is 0 Å². The SMILES string of the molecule is CC(=O)/C=C/c1cc(C)cs1. The van der Waals surface area contributed by atoms with Gasteiger partial charge in [0.05, 0.1) is 0 Å². The van der Waals surface area contributed by atoms with Crippen LogP contribution < -0.4 is 0 Å². The Hall–Kier alpha value is -0.890. The number of carbonyl (C=O) groups excluding carboxylic acids is 1. The fourth-order valence-corrected chi connectivity index (χ4v) is 1.53. The van der Waals surface area contributed by atoms with E-state index in [9.17, 15) is 4.79 Å². The van der Waals surface area contributed by atoms with Crippen LogP contribution >= 0.6 is 11.3 Å². The second-order valence-corrected chi connectivity index (χ2v) is 3.41. The molecule has 0 aliphatic carbocycles. The van der Waals surface area contributed by atoms with Crippen molar-refractivity contribution >= 4 is 23.2 Å². The smallest absolute Gasteiger partial charge is 0.152 e. The van der Waals surface area contributed by atoms with Gasteiger partial charge in [-0.25, -0.2) is 0 Å². The van der Waals surface area contributed by atoms with E-state index in [0.717, 1.165) is 4.88 Å². The minimum atomic E-state index is 0.0936. The quantitative estimate of drug-likeness (QED) is 0.617. The van der Waals surface area contributed by atoms with Crippen LogP contribution in [-0.4, -0.2) is 5.78 Å². The van der Waals surface area contributed by atoms with Gasteiger partial charge in [0, 0.05) is 4.88 Å². The van der Waals surface area contributed by atoms with Gasteiger partial charge in [-0.15, -0.1) is 11.3 Å². The van der Waals surface area contributed by atoms with E-state index < -0.39 is 0 Å². The van der Waals surface area contributed by atoms with Crippen LogP contribution in [0.5, 0.6) is 0 Å². The van der Waals surface area contributed by atoms with Crippen LogP contribution in [0, 0.1) is 6.92 Å². The molecular formula is C9H10OS. The molecule has 0 atom stereocenters. The molecule has 0 saturated carbocycles. The molecule has 58 valence electrons. The van der Waals surface area contributed by atoms with Gasteiger partial charge < -0.3 is 0 Å². The molecular weight excluding hydrogens is 156 g/mol. The van der Waals surface area contributed by atoms with E-state index >= 15 is 0 Å². The number of hydrogen-bond acceptors (Lipinski definition) is 2. The molecule has 0 aliphatic heterocycles. The maximum absolute atomic E-state index is 10.5. The first-order chi connectivity index (χ1) is 5.18. The summed E-state index contributed by atoms with van der Waals surface area (Å²) in [7, 11) is 0. The second-order valence-electron chi connectivity index (χ2n) is 2.47. The average molecular weight is 166 g/mol. The summed E-state index contributed by atoms with van der Waals surface area (Å²) in [4.78, 5) is 11.7. The third-order valence-corrected chi connectivity index (χ3v) is 2.25. The summed E-state index contributed by atoms with van der Waals surface area (Å²) >= 11 is 1.65. The number of aryl methyl sites for hydroxylation is 1. The van der Waals surface area contributed by atoms with Crippen molar-refractivity contribution in [2.24, 2.45) is 0 Å². The van der Waals surface area contributed by atoms with Gasteiger partial charge in [-0.05, 0) is 43.0 Å². The van der Waals surface area contributed by atoms with Gasteiger partial charge in [0.2, 0.25) is 0 Å². The summed E-state index contributed by atoms with van der Waals surface area (Å²) in [5.41, 5.74) is 1.25. The second kappa shape index (κ2) is 3.49. The van der Waals surface area contributed by atoms with Crippen molar-refractivity contribution in [1.82, 2.24) is 0 Å². The van der Waals surface area contributed by atoms with Crippen molar-refractivity contribution in [2.45, 2.75) is 13.8 Å². The Morgan fingerprint density at radius 1 is 1.64 bits per heavy atom. The number of rotatable bonds is 2. The monoisotopic (exact) mass is 166 g/mol. The van der Waals surface area contributed by atoms with Crippen LogP contribution in [0.15, 0.2) is 17.5 Å². The normalized spacial score (nSPS) is 10.7. The van der Waals surface area contributed by atoms with Crippen molar-refractivity contribution in [1.29, 1.82) is 0 Å². The summed E-state index contributed by atoms with van der Waals surface area (Å²) in [6.45, 7) is 3.60. The lowest BCUT2D eigenvalue weighted by atomic mass is 10.3. The van der Waals surface area contributed by atoms with E-state index in [-0.39, 0.29) is 5.78 Å². The Bertz CT molecular complexity index is 284. The van der Waals surface area contributed by atoms with Crippen LogP contribution in [0.1, 0.15) is 17.4 Å². The molecule has 1 aromatic rings. The molecule has 1 heterocycles. The highest BCUT2D eigenvalue weighted by Gasteiger charge is 1.90. The first-order valence-corrected chi connectivity index (χ1v) is 4.30. The van der Waals surface area contributed by atoms with Crippen LogP contribution in [0.25, 0.3) is 6.08 Å². The molecule has 0 saturated heterocycles. The summed E-state index contributed by atoms with van der Waals surface area (Å²) < 4.78 is 0. The molecule has 1 nitrogen and oxygen atoms in total. The number of thiophene rings is 1. The van der Waals surface area contributed by atoms with Crippen LogP contribution in [0.3, 0.4) is 0 Å². The number of hydrogen-bond donors (Lipinski definition) is 0. The maximum Gasteiger partial charge on any atom is 0.152 e. The van der Waals surface area contributed by atoms with Crippen molar-refractivity contribution < 1.29 is 4.79 Å². The summed E-state index contributed by atoms with van der Waals surface area (Å²) in [5, 5.41) is 2.07. The third kappa shape index (κ3) is 2.68. The molecule has 11 heavy (non-hydrogen) atoms. The van der Waals surface area contributed by atoms with Gasteiger partial charge in [-0.1, -0.05) is 0 Å². The molecule has 1 rings (SSSR count). The summed E-state index contributed by atoms with van der Waals surface area (Å²) in [5.74, 6) is 0.0936. The lowest BCUT2D eigenvalue weighted by Gasteiger charge is -1.80. The largest absolute Gasteiger partial charge is 0.295 e. The number of allylic oxidation sites excluding steroid dienone is 1. The van der Waals surface area contributed by atoms with E-state index in [1.54, 1.807) is 24.3 Å². The lowest BCUT2D eigenvalue weighted by Crippen LogP contribution is -1.77. The zero-order valence-electron chi connectivity index (χ0n) is 6.63. The molecule has 0 amide bonds. The van der Waals surface area contributed by atoms with Crippen LogP contribution in [0.2, 0.25) is 0 Å². The first-order valence-electron chi connectivity index (χ1n) is 3.42. The summed E-state index contributed by atoms with van der Waals surface area (Å²) in [6.07, 6.45) is 3.44. The Morgan fingerprint density at radius 3 is 2.82 bits per heavy atom. The van der Waals surface area contributed by atoms with Gasteiger partial charge in [-0.2, -0.15) is 0 Å². The molecule has 0 bridgehead atoms. The molecule has 0 aromatic carbocycles. The van der Waals surface area contributed by atoms with Crippen molar-refractivity contribution in [3.63, 3.8) is 0 Å². The van der Waals surface area contributed by atoms with Gasteiger partial charge in [0.15, 0.2) is 5.78 Å². The van der Waals surface area contributed by atoms with Crippen LogP contribution in [-0.2, 0) is 4.79 Å². The van der Waals surface area contributed by atoms with E-state index in [2.05, 4.69) is 11.4 Å². The average Bonchev–Trinajstić information content (AvgIpc) is 2.31. The number of ketones is 1. The highest BCUT2D eigenvalue weighted by molar-refractivity contribution is 7.11. The van der Waals surface area contributed by atoms with Gasteiger partial charge in [0.25, 0.3) is 0 Å². The van der Waals surface area contributed by atoms with Gasteiger partial charge in [-0.3, -0.25) is 4.79 Å². The molecule has 1 aromatic heterocycles. The standard InChI is InChI=1S/C9H10OS/c1-7-5-9(11-6-7)4-3-8(2)10/h3-6H,1-2H3/b4-3+. The minimum Gasteiger partial charge on any atom is -0.295 e. The Balaban J connectivity index is 2.71. The van der Waals surface area contributed by atoms with E-state index in [0.29, 0.717) is 0 Å². The molecule has 0 spiro atoms. The minimum absolute atomic E-state index is 0.0936. The van der Waals surface area contributed by atoms with E-state index in [4.69, 9.17) is 0 Å². The highest BCUT2D eigenvalue weighted by atomic mass is 32.1. The highest BCUT2D eigenvalue weighted by Crippen LogP contribution is 2.14. The molecule has 0 N–H and O–H groups in total. The fraction of sp³-hybridized carbons (Fsp3) is 0.222.